The standard InChI is InChI=1S/C22H27NOS/c1-16-6-5-7-18(12-16)14-25-15-22(24)23-17(2)20-11-10-19-8-3-4-9-21(19)13-20/h5-7,10-13,17H,3-4,8-9,14-15H2,1-2H3,(H,23,24)/t17-/m1/s1. The van der Waals surface area contributed by atoms with Crippen molar-refractivity contribution in [3.8, 4) is 0 Å². The van der Waals surface area contributed by atoms with E-state index in [1.54, 1.807) is 11.8 Å². The van der Waals surface area contributed by atoms with Crippen LogP contribution in [0.3, 0.4) is 0 Å². The molecule has 132 valence electrons. The topological polar surface area (TPSA) is 29.1 Å². The molecule has 0 saturated heterocycles. The number of amides is 1. The molecule has 0 aliphatic heterocycles. The Hall–Kier alpha value is -1.74. The van der Waals surface area contributed by atoms with Crippen LogP contribution >= 0.6 is 11.8 Å². The fourth-order valence-corrected chi connectivity index (χ4v) is 4.24. The van der Waals surface area contributed by atoms with E-state index in [-0.39, 0.29) is 11.9 Å². The molecule has 0 unspecified atom stereocenters. The maximum absolute atomic E-state index is 12.2. The second-order valence-corrected chi connectivity index (χ2v) is 7.99. The van der Waals surface area contributed by atoms with Crippen molar-refractivity contribution in [3.05, 3.63) is 70.3 Å². The average molecular weight is 354 g/mol. The van der Waals surface area contributed by atoms with Crippen molar-refractivity contribution in [1.82, 2.24) is 5.32 Å². The summed E-state index contributed by atoms with van der Waals surface area (Å²) in [4.78, 5) is 12.2. The number of thioether (sulfide) groups is 1. The van der Waals surface area contributed by atoms with Crippen LogP contribution < -0.4 is 5.32 Å². The summed E-state index contributed by atoms with van der Waals surface area (Å²) >= 11 is 1.67. The zero-order valence-corrected chi connectivity index (χ0v) is 16.0. The van der Waals surface area contributed by atoms with Gasteiger partial charge in [0.25, 0.3) is 0 Å². The molecule has 3 heteroatoms. The smallest absolute Gasteiger partial charge is 0.230 e. The Kier molecular flexibility index (Phi) is 6.19. The average Bonchev–Trinajstić information content (AvgIpc) is 2.61. The monoisotopic (exact) mass is 353 g/mol. The number of hydrogen-bond acceptors (Lipinski definition) is 2. The molecule has 0 radical (unpaired) electrons. The normalized spacial score (nSPS) is 14.6. The SMILES string of the molecule is Cc1cccc(CSCC(=O)N[C@H](C)c2ccc3c(c2)CCCC3)c1. The maximum Gasteiger partial charge on any atom is 0.230 e. The fraction of sp³-hybridized carbons (Fsp3) is 0.409. The summed E-state index contributed by atoms with van der Waals surface area (Å²) in [6.07, 6.45) is 4.96. The summed E-state index contributed by atoms with van der Waals surface area (Å²) < 4.78 is 0. The van der Waals surface area contributed by atoms with Crippen LogP contribution in [0.25, 0.3) is 0 Å². The Balaban J connectivity index is 1.49. The lowest BCUT2D eigenvalue weighted by molar-refractivity contribution is -0.119. The fourth-order valence-electron chi connectivity index (χ4n) is 3.45. The van der Waals surface area contributed by atoms with Gasteiger partial charge in [0.2, 0.25) is 5.91 Å². The second kappa shape index (κ2) is 8.57. The third-order valence-electron chi connectivity index (χ3n) is 4.83. The molecule has 3 rings (SSSR count). The molecule has 0 saturated carbocycles. The Bertz CT molecular complexity index is 741. The third kappa shape index (κ3) is 5.12. The molecule has 0 bridgehead atoms. The van der Waals surface area contributed by atoms with Crippen molar-refractivity contribution >= 4 is 17.7 Å². The Morgan fingerprint density at radius 2 is 1.92 bits per heavy atom. The lowest BCUT2D eigenvalue weighted by Gasteiger charge is -2.20. The van der Waals surface area contributed by atoms with Crippen LogP contribution in [0.15, 0.2) is 42.5 Å². The first-order valence-electron chi connectivity index (χ1n) is 9.16. The number of carbonyl (C=O) groups is 1. The first-order chi connectivity index (χ1) is 12.1. The van der Waals surface area contributed by atoms with Gasteiger partial charge in [0.05, 0.1) is 11.8 Å². The van der Waals surface area contributed by atoms with Gasteiger partial charge in [0, 0.05) is 5.75 Å². The van der Waals surface area contributed by atoms with Crippen LogP contribution in [0.1, 0.15) is 53.6 Å². The highest BCUT2D eigenvalue weighted by Gasteiger charge is 2.14. The molecule has 1 aliphatic rings. The van der Waals surface area contributed by atoms with E-state index in [1.807, 2.05) is 0 Å². The molecule has 1 atom stereocenters. The van der Waals surface area contributed by atoms with Crippen LogP contribution in [0.4, 0.5) is 0 Å². The zero-order chi connectivity index (χ0) is 17.6. The highest BCUT2D eigenvalue weighted by molar-refractivity contribution is 7.99. The molecule has 25 heavy (non-hydrogen) atoms. The van der Waals surface area contributed by atoms with Crippen LogP contribution in [0.2, 0.25) is 0 Å². The van der Waals surface area contributed by atoms with E-state index < -0.39 is 0 Å². The van der Waals surface area contributed by atoms with Crippen molar-refractivity contribution in [2.24, 2.45) is 0 Å². The first kappa shape index (κ1) is 18.1. The Morgan fingerprint density at radius 3 is 2.72 bits per heavy atom. The van der Waals surface area contributed by atoms with Crippen LogP contribution in [0, 0.1) is 6.92 Å². The molecule has 0 spiro atoms. The predicted octanol–water partition coefficient (Wildman–Crippen LogP) is 4.98. The van der Waals surface area contributed by atoms with Crippen molar-refractivity contribution in [3.63, 3.8) is 0 Å². The molecule has 1 aliphatic carbocycles. The van der Waals surface area contributed by atoms with Gasteiger partial charge in [-0.05, 0) is 61.8 Å². The van der Waals surface area contributed by atoms with Gasteiger partial charge < -0.3 is 5.32 Å². The first-order valence-corrected chi connectivity index (χ1v) is 10.3. The minimum Gasteiger partial charge on any atom is -0.349 e. The van der Waals surface area contributed by atoms with Crippen molar-refractivity contribution in [2.75, 3.05) is 5.75 Å². The van der Waals surface area contributed by atoms with Crippen LogP contribution in [0.5, 0.6) is 0 Å². The van der Waals surface area contributed by atoms with Gasteiger partial charge in [0.1, 0.15) is 0 Å². The molecule has 1 amide bonds. The van der Waals surface area contributed by atoms with Gasteiger partial charge in [-0.3, -0.25) is 4.79 Å². The van der Waals surface area contributed by atoms with Gasteiger partial charge in [-0.25, -0.2) is 0 Å². The molecule has 0 aromatic heterocycles. The summed E-state index contributed by atoms with van der Waals surface area (Å²) in [6, 6.07) is 15.3. The molecular weight excluding hydrogens is 326 g/mol. The third-order valence-corrected chi connectivity index (χ3v) is 5.84. The van der Waals surface area contributed by atoms with Crippen molar-refractivity contribution in [2.45, 2.75) is 51.3 Å². The lowest BCUT2D eigenvalue weighted by atomic mass is 9.89. The molecule has 2 aromatic carbocycles. The number of aryl methyl sites for hydroxylation is 3. The lowest BCUT2D eigenvalue weighted by Crippen LogP contribution is -2.28. The van der Waals surface area contributed by atoms with Crippen molar-refractivity contribution < 1.29 is 4.79 Å². The molecular formula is C22H27NOS. The van der Waals surface area contributed by atoms with Gasteiger partial charge in [0.15, 0.2) is 0 Å². The molecule has 1 N–H and O–H groups in total. The summed E-state index contributed by atoms with van der Waals surface area (Å²) in [7, 11) is 0. The number of fused-ring (bicyclic) bond motifs is 1. The van der Waals surface area contributed by atoms with E-state index in [9.17, 15) is 4.79 Å². The number of nitrogens with one attached hydrogen (secondary N) is 1. The van der Waals surface area contributed by atoms with E-state index in [0.717, 1.165) is 5.75 Å². The second-order valence-electron chi connectivity index (χ2n) is 7.01. The van der Waals surface area contributed by atoms with Gasteiger partial charge >= 0.3 is 0 Å². The van der Waals surface area contributed by atoms with E-state index in [4.69, 9.17) is 0 Å². The number of hydrogen-bond donors (Lipinski definition) is 1. The molecule has 2 nitrogen and oxygen atoms in total. The van der Waals surface area contributed by atoms with Crippen LogP contribution in [-0.2, 0) is 23.4 Å². The molecule has 2 aromatic rings. The largest absolute Gasteiger partial charge is 0.349 e. The summed E-state index contributed by atoms with van der Waals surface area (Å²) in [6.45, 7) is 4.18. The minimum atomic E-state index is 0.0688. The van der Waals surface area contributed by atoms with Crippen molar-refractivity contribution in [1.29, 1.82) is 0 Å². The van der Waals surface area contributed by atoms with Gasteiger partial charge in [-0.2, -0.15) is 0 Å². The van der Waals surface area contributed by atoms with E-state index >= 15 is 0 Å². The zero-order valence-electron chi connectivity index (χ0n) is 15.2. The van der Waals surface area contributed by atoms with Crippen LogP contribution in [-0.4, -0.2) is 11.7 Å². The Labute approximate surface area is 155 Å². The molecule has 0 fully saturated rings. The van der Waals surface area contributed by atoms with E-state index in [1.165, 1.54) is 53.5 Å². The number of rotatable bonds is 6. The van der Waals surface area contributed by atoms with E-state index in [0.29, 0.717) is 5.75 Å². The minimum absolute atomic E-state index is 0.0688. The van der Waals surface area contributed by atoms with Gasteiger partial charge in [-0.15, -0.1) is 11.8 Å². The summed E-state index contributed by atoms with van der Waals surface area (Å²) in [5.74, 6) is 1.49. The number of carbonyl (C=O) groups excluding carboxylic acids is 1. The Morgan fingerprint density at radius 1 is 1.12 bits per heavy atom. The number of benzene rings is 2. The maximum atomic E-state index is 12.2. The molecule has 0 heterocycles. The quantitative estimate of drug-likeness (QED) is 0.793. The van der Waals surface area contributed by atoms with E-state index in [2.05, 4.69) is 61.6 Å². The van der Waals surface area contributed by atoms with Gasteiger partial charge in [-0.1, -0.05) is 48.0 Å². The predicted molar refractivity (Wildman–Crippen MR) is 107 cm³/mol. The summed E-state index contributed by atoms with van der Waals surface area (Å²) in [5.41, 5.74) is 6.72. The highest BCUT2D eigenvalue weighted by atomic mass is 32.2. The summed E-state index contributed by atoms with van der Waals surface area (Å²) in [5, 5.41) is 3.14. The highest BCUT2D eigenvalue weighted by Crippen LogP contribution is 2.25.